The minimum absolute atomic E-state index is 0.000245. The number of imidazole rings is 1. The fourth-order valence-electron chi connectivity index (χ4n) is 2.95. The van der Waals surface area contributed by atoms with E-state index >= 15 is 0 Å². The molecule has 1 aromatic carbocycles. The highest BCUT2D eigenvalue weighted by molar-refractivity contribution is 7.89. The number of nitrogens with one attached hydrogen (secondary N) is 4. The van der Waals surface area contributed by atoms with Crippen LogP contribution in [-0.2, 0) is 21.3 Å². The van der Waals surface area contributed by atoms with Gasteiger partial charge in [0.2, 0.25) is 10.0 Å². The number of hydrogen-bond donors (Lipinski definition) is 4. The van der Waals surface area contributed by atoms with E-state index in [1.165, 1.54) is 12.1 Å². The molecule has 0 aliphatic carbocycles. The summed E-state index contributed by atoms with van der Waals surface area (Å²) in [7, 11) is -3.75. The van der Waals surface area contributed by atoms with E-state index < -0.39 is 10.0 Å². The Morgan fingerprint density at radius 2 is 1.96 bits per heavy atom. The van der Waals surface area contributed by atoms with Crippen molar-refractivity contribution in [2.45, 2.75) is 30.2 Å². The van der Waals surface area contributed by atoms with Crippen LogP contribution in [0.15, 0.2) is 27.9 Å². The molecule has 10 nitrogen and oxygen atoms in total. The van der Waals surface area contributed by atoms with Gasteiger partial charge in [0.25, 0.3) is 0 Å². The largest absolute Gasteiger partial charge is 0.381 e. The molecule has 1 aliphatic heterocycles. The molecule has 0 unspecified atom stereocenters. The van der Waals surface area contributed by atoms with Gasteiger partial charge in [0.1, 0.15) is 5.82 Å². The van der Waals surface area contributed by atoms with Crippen LogP contribution in [0.1, 0.15) is 30.4 Å². The van der Waals surface area contributed by atoms with E-state index in [2.05, 4.69) is 29.9 Å². The highest BCUT2D eigenvalue weighted by Crippen LogP contribution is 2.23. The van der Waals surface area contributed by atoms with Crippen molar-refractivity contribution in [3.63, 3.8) is 0 Å². The standard InChI is InChI=1S/C15H18N6O4S/c22-15-17-11-2-1-10(7-12(11)18-15)26(23,24)16-8-13-19-14(21-20-13)9-3-5-25-6-4-9/h1-2,7,9,16H,3-6,8H2,(H2,17,18,22)(H,19,20,21). The molecule has 2 aromatic heterocycles. The maximum atomic E-state index is 12.5. The van der Waals surface area contributed by atoms with Gasteiger partial charge in [-0.05, 0) is 31.0 Å². The first-order chi connectivity index (χ1) is 12.5. The average Bonchev–Trinajstić information content (AvgIpc) is 3.25. The van der Waals surface area contributed by atoms with E-state index in [1.807, 2.05) is 0 Å². The van der Waals surface area contributed by atoms with Crippen molar-refractivity contribution in [1.29, 1.82) is 0 Å². The lowest BCUT2D eigenvalue weighted by molar-refractivity contribution is 0.0836. The zero-order valence-electron chi connectivity index (χ0n) is 13.8. The van der Waals surface area contributed by atoms with Gasteiger partial charge in [0.15, 0.2) is 5.82 Å². The molecule has 4 rings (SSSR count). The van der Waals surface area contributed by atoms with Crippen LogP contribution in [0.4, 0.5) is 0 Å². The number of fused-ring (bicyclic) bond motifs is 1. The van der Waals surface area contributed by atoms with Crippen LogP contribution >= 0.6 is 0 Å². The first kappa shape index (κ1) is 16.9. The van der Waals surface area contributed by atoms with Crippen LogP contribution in [0.2, 0.25) is 0 Å². The zero-order valence-corrected chi connectivity index (χ0v) is 14.6. The van der Waals surface area contributed by atoms with Crippen molar-refractivity contribution < 1.29 is 13.2 Å². The van der Waals surface area contributed by atoms with Crippen LogP contribution in [-0.4, -0.2) is 46.8 Å². The molecular formula is C15H18N6O4S. The fourth-order valence-corrected chi connectivity index (χ4v) is 3.97. The van der Waals surface area contributed by atoms with E-state index in [-0.39, 0.29) is 23.0 Å². The number of ether oxygens (including phenoxy) is 1. The molecular weight excluding hydrogens is 360 g/mol. The third-order valence-electron chi connectivity index (χ3n) is 4.36. The fraction of sp³-hybridized carbons (Fsp3) is 0.400. The highest BCUT2D eigenvalue weighted by atomic mass is 32.2. The summed E-state index contributed by atoms with van der Waals surface area (Å²) in [5, 5.41) is 6.97. The van der Waals surface area contributed by atoms with Gasteiger partial charge in [-0.3, -0.25) is 5.10 Å². The Kier molecular flexibility index (Phi) is 4.34. The first-order valence-electron chi connectivity index (χ1n) is 8.22. The molecule has 0 bridgehead atoms. The van der Waals surface area contributed by atoms with Crippen LogP contribution < -0.4 is 10.4 Å². The number of nitrogens with zero attached hydrogens (tertiary/aromatic N) is 2. The number of sulfonamides is 1. The number of H-pyrrole nitrogens is 3. The Morgan fingerprint density at radius 3 is 2.77 bits per heavy atom. The Morgan fingerprint density at radius 1 is 1.19 bits per heavy atom. The molecule has 1 saturated heterocycles. The van der Waals surface area contributed by atoms with Crippen LogP contribution in [0.5, 0.6) is 0 Å². The predicted octanol–water partition coefficient (Wildman–Crippen LogP) is 0.347. The number of benzene rings is 1. The number of aromatic nitrogens is 5. The predicted molar refractivity (Wildman–Crippen MR) is 92.1 cm³/mol. The number of hydrogen-bond acceptors (Lipinski definition) is 6. The average molecular weight is 378 g/mol. The molecule has 26 heavy (non-hydrogen) atoms. The Hall–Kier alpha value is -2.50. The second-order valence-corrected chi connectivity index (χ2v) is 7.90. The van der Waals surface area contributed by atoms with E-state index in [0.717, 1.165) is 12.8 Å². The van der Waals surface area contributed by atoms with Crippen LogP contribution in [0.3, 0.4) is 0 Å². The van der Waals surface area contributed by atoms with Crippen LogP contribution in [0.25, 0.3) is 11.0 Å². The summed E-state index contributed by atoms with van der Waals surface area (Å²) < 4.78 is 32.8. The van der Waals surface area contributed by atoms with Gasteiger partial charge in [-0.15, -0.1) is 0 Å². The molecule has 4 N–H and O–H groups in total. The quantitative estimate of drug-likeness (QED) is 0.504. The lowest BCUT2D eigenvalue weighted by Crippen LogP contribution is -2.24. The third-order valence-corrected chi connectivity index (χ3v) is 5.76. The van der Waals surface area contributed by atoms with Gasteiger partial charge in [0.05, 0.1) is 22.5 Å². The summed E-state index contributed by atoms with van der Waals surface area (Å²) in [6, 6.07) is 4.38. The van der Waals surface area contributed by atoms with E-state index in [4.69, 9.17) is 4.74 Å². The van der Waals surface area contributed by atoms with Crippen LogP contribution in [0, 0.1) is 0 Å². The van der Waals surface area contributed by atoms with Crippen molar-refractivity contribution in [2.24, 2.45) is 0 Å². The maximum Gasteiger partial charge on any atom is 0.323 e. The lowest BCUT2D eigenvalue weighted by Gasteiger charge is -2.18. The summed E-state index contributed by atoms with van der Waals surface area (Å²) in [6.07, 6.45) is 1.72. The lowest BCUT2D eigenvalue weighted by atomic mass is 10.00. The molecule has 1 fully saturated rings. The van der Waals surface area contributed by atoms with Crippen molar-refractivity contribution in [3.8, 4) is 0 Å². The Labute approximate surface area is 148 Å². The SMILES string of the molecule is O=c1[nH]c2ccc(S(=O)(=O)NCc3nc(C4CCOCC4)n[nH]3)cc2[nH]1. The molecule has 1 aliphatic rings. The summed E-state index contributed by atoms with van der Waals surface area (Å²) in [4.78, 5) is 20.8. The molecule has 3 heterocycles. The third kappa shape index (κ3) is 3.41. The minimum atomic E-state index is -3.75. The minimum Gasteiger partial charge on any atom is -0.381 e. The number of rotatable bonds is 5. The first-order valence-corrected chi connectivity index (χ1v) is 9.70. The van der Waals surface area contributed by atoms with Crippen molar-refractivity contribution in [3.05, 3.63) is 40.3 Å². The van der Waals surface area contributed by atoms with E-state index in [0.29, 0.717) is 35.9 Å². The molecule has 0 amide bonds. The second-order valence-electron chi connectivity index (χ2n) is 6.14. The summed E-state index contributed by atoms with van der Waals surface area (Å²) in [6.45, 7) is 1.37. The second kappa shape index (κ2) is 6.67. The molecule has 0 spiro atoms. The molecule has 11 heteroatoms. The molecule has 0 radical (unpaired) electrons. The summed E-state index contributed by atoms with van der Waals surface area (Å²) in [5.74, 6) is 1.37. The molecule has 3 aromatic rings. The Balaban J connectivity index is 1.47. The Bertz CT molecular complexity index is 1080. The topological polar surface area (TPSA) is 146 Å². The van der Waals surface area contributed by atoms with E-state index in [1.54, 1.807) is 6.07 Å². The highest BCUT2D eigenvalue weighted by Gasteiger charge is 2.21. The van der Waals surface area contributed by atoms with Gasteiger partial charge in [0, 0.05) is 19.1 Å². The van der Waals surface area contributed by atoms with Gasteiger partial charge in [-0.2, -0.15) is 5.10 Å². The molecule has 0 atom stereocenters. The zero-order chi connectivity index (χ0) is 18.1. The monoisotopic (exact) mass is 378 g/mol. The molecule has 0 saturated carbocycles. The summed E-state index contributed by atoms with van der Waals surface area (Å²) in [5.41, 5.74) is 0.592. The number of aromatic amines is 3. The van der Waals surface area contributed by atoms with Gasteiger partial charge in [-0.25, -0.2) is 22.9 Å². The summed E-state index contributed by atoms with van der Waals surface area (Å²) >= 11 is 0. The maximum absolute atomic E-state index is 12.5. The van der Waals surface area contributed by atoms with Gasteiger partial charge < -0.3 is 14.7 Å². The van der Waals surface area contributed by atoms with Gasteiger partial charge in [-0.1, -0.05) is 0 Å². The van der Waals surface area contributed by atoms with Crippen molar-refractivity contribution >= 4 is 21.1 Å². The van der Waals surface area contributed by atoms with Gasteiger partial charge >= 0.3 is 5.69 Å². The van der Waals surface area contributed by atoms with Crippen molar-refractivity contribution in [1.82, 2.24) is 29.9 Å². The normalized spacial score (nSPS) is 16.3. The molecule has 138 valence electrons. The van der Waals surface area contributed by atoms with E-state index in [9.17, 15) is 13.2 Å². The van der Waals surface area contributed by atoms with Crippen molar-refractivity contribution in [2.75, 3.05) is 13.2 Å². The smallest absolute Gasteiger partial charge is 0.323 e.